The van der Waals surface area contributed by atoms with E-state index in [0.29, 0.717) is 0 Å². The van der Waals surface area contributed by atoms with Gasteiger partial charge in [0.25, 0.3) is 0 Å². The molecule has 0 saturated carbocycles. The van der Waals surface area contributed by atoms with Gasteiger partial charge in [-0.15, -0.1) is 45.3 Å². The van der Waals surface area contributed by atoms with Gasteiger partial charge in [0.1, 0.15) is 44.8 Å². The van der Waals surface area contributed by atoms with E-state index < -0.39 is 0 Å². The molecule has 0 amide bonds. The number of benzene rings is 6. The van der Waals surface area contributed by atoms with Crippen LogP contribution in [0.1, 0.15) is 366 Å². The lowest BCUT2D eigenvalue weighted by molar-refractivity contribution is 0.0384. The Bertz CT molecular complexity index is 5240. The maximum atomic E-state index is 7.48. The number of aryl methyl sites for hydroxylation is 8. The van der Waals surface area contributed by atoms with Crippen LogP contribution in [0.5, 0.6) is 11.5 Å². The van der Waals surface area contributed by atoms with Gasteiger partial charge >= 0.3 is 0 Å². The Balaban J connectivity index is 0.000000211. The van der Waals surface area contributed by atoms with Gasteiger partial charge in [-0.05, 0) is 235 Å². The highest BCUT2D eigenvalue weighted by Gasteiger charge is 2.43. The first-order chi connectivity index (χ1) is 59.8. The first-order valence-corrected chi connectivity index (χ1v) is 53.4. The zero-order valence-electron chi connectivity index (χ0n) is 76.7. The molecule has 0 atom stereocenters. The molecule has 12 heteroatoms. The summed E-state index contributed by atoms with van der Waals surface area (Å²) in [5.74, 6) is 2.14. The average molecular weight is 1750 g/mol. The number of nitrogens with zero attached hydrogens (tertiary/aromatic N) is 4. The Kier molecular flexibility index (Phi) is 35.6. The topological polar surface area (TPSA) is 70.0 Å². The Morgan fingerprint density at radius 3 is 0.844 bits per heavy atom. The minimum absolute atomic E-state index is 0.321. The molecule has 6 aromatic heterocycles. The van der Waals surface area contributed by atoms with E-state index in [0.717, 1.165) is 84.9 Å². The average Bonchev–Trinajstić information content (AvgIpc) is 1.47. The van der Waals surface area contributed by atoms with Gasteiger partial charge in [-0.2, -0.15) is 17.5 Å². The Labute approximate surface area is 760 Å². The molecule has 0 N–H and O–H groups in total. The molecule has 6 nitrogen and oxygen atoms in total. The molecule has 652 valence electrons. The lowest BCUT2D eigenvalue weighted by Gasteiger charge is -2.41. The smallest absolute Gasteiger partial charge is 0.135 e. The third-order valence-electron chi connectivity index (χ3n) is 26.5. The van der Waals surface area contributed by atoms with Gasteiger partial charge in [0.15, 0.2) is 0 Å². The zero-order valence-corrected chi connectivity index (χ0v) is 81.6. The molecular formula is C110H144N4O2S6. The fourth-order valence-electron chi connectivity index (χ4n) is 19.3. The highest BCUT2D eigenvalue weighted by molar-refractivity contribution is 7.19. The summed E-state index contributed by atoms with van der Waals surface area (Å²) in [6.45, 7) is 27.4. The van der Waals surface area contributed by atoms with Crippen molar-refractivity contribution in [3.8, 4) is 96.4 Å². The third kappa shape index (κ3) is 23.0. The molecular weight excluding hydrogens is 1600 g/mol. The summed E-state index contributed by atoms with van der Waals surface area (Å²) < 4.78 is 34.8. The van der Waals surface area contributed by atoms with E-state index in [-0.39, 0.29) is 11.2 Å². The van der Waals surface area contributed by atoms with Crippen LogP contribution in [0.2, 0.25) is 0 Å². The van der Waals surface area contributed by atoms with Crippen molar-refractivity contribution in [3.05, 3.63) is 176 Å². The first kappa shape index (κ1) is 93.0. The number of unbranched alkanes of at least 4 members (excludes halogenated alkanes) is 28. The van der Waals surface area contributed by atoms with Crippen molar-refractivity contribution < 1.29 is 9.47 Å². The molecule has 0 radical (unpaired) electrons. The van der Waals surface area contributed by atoms with Gasteiger partial charge in [0, 0.05) is 83.5 Å². The van der Waals surface area contributed by atoms with E-state index in [2.05, 4.69) is 204 Å². The van der Waals surface area contributed by atoms with E-state index in [9.17, 15) is 0 Å². The maximum Gasteiger partial charge on any atom is 0.135 e. The molecule has 14 rings (SSSR count). The van der Waals surface area contributed by atoms with E-state index in [1.165, 1.54) is 394 Å². The van der Waals surface area contributed by atoms with Crippen molar-refractivity contribution >= 4 is 90.9 Å². The quantitative estimate of drug-likeness (QED) is 0.0354. The minimum Gasteiger partial charge on any atom is -0.482 e. The SMILES string of the molecule is CCCCCCCCC1(CCCCCCCC)Oc2cc(C)ccc2-c2ccc(-c3sc(-c4ccc(-c5cc(CCCCCC)c(C)s5)c5nsnc45)cc3CCCCCC)cc21.CCCCCCc1cc(-c2ccc(-c3cc(CCCCCC)c(-c4ccc5c(c4)C(CCCCCC)(CCCCCC)Oc4cc(C)ccc4-5)s3)c3nsnc23)sc1C. The number of rotatable bonds is 50. The van der Waals surface area contributed by atoms with Gasteiger partial charge in [0.05, 0.1) is 23.5 Å². The van der Waals surface area contributed by atoms with Crippen LogP contribution >= 0.6 is 68.8 Å². The summed E-state index contributed by atoms with van der Waals surface area (Å²) in [6.07, 6.45) is 54.6. The van der Waals surface area contributed by atoms with Crippen LogP contribution in [0.3, 0.4) is 0 Å². The summed E-state index contributed by atoms with van der Waals surface area (Å²) in [5.41, 5.74) is 27.6. The van der Waals surface area contributed by atoms with Crippen LogP contribution in [-0.2, 0) is 36.9 Å². The van der Waals surface area contributed by atoms with Crippen molar-refractivity contribution in [2.75, 3.05) is 0 Å². The van der Waals surface area contributed by atoms with Gasteiger partial charge in [-0.3, -0.25) is 0 Å². The van der Waals surface area contributed by atoms with Gasteiger partial charge in [-0.25, -0.2) is 0 Å². The van der Waals surface area contributed by atoms with Crippen molar-refractivity contribution in [2.24, 2.45) is 0 Å². The predicted molar refractivity (Wildman–Crippen MR) is 538 cm³/mol. The van der Waals surface area contributed by atoms with E-state index in [1.54, 1.807) is 0 Å². The normalized spacial score (nSPS) is 13.1. The molecule has 0 spiro atoms. The van der Waals surface area contributed by atoms with Crippen LogP contribution in [0.15, 0.2) is 121 Å². The standard InChI is InChI=1S/C57H76N2OS3.C53H68N2OS3/c1-7-11-15-19-21-25-35-57(36-26-22-20-16-12-8-2)50-38-45(30-32-46(50)47-31-29-41(5)37-51(47)60-57)56-44(28-24-18-14-10-4)40-53(62-56)49-34-33-48(54-55(49)59-63-58-54)52-39-43(42(6)61-52)27-23-17-13-9-3;1-7-11-15-19-23-39-35-48(57-38(39)6)44-29-30-45(51-50(44)54-59-55-51)49-36-40(24-20-16-12-8-2)52(58-49)41-26-28-42-43-27-25-37(5)33-47(43)56-53(46(42)34-41,31-21-17-13-9-3)32-22-18-14-10-4/h29-34,37-40H,7-28,35-36H2,1-6H3;25-30,33-36H,7-24,31-32H2,1-6H3. The molecule has 2 aliphatic heterocycles. The maximum absolute atomic E-state index is 7.48. The van der Waals surface area contributed by atoms with E-state index in [4.69, 9.17) is 27.0 Å². The lowest BCUT2D eigenvalue weighted by Crippen LogP contribution is -2.36. The van der Waals surface area contributed by atoms with Crippen LogP contribution in [0, 0.1) is 27.7 Å². The second-order valence-electron chi connectivity index (χ2n) is 36.2. The molecule has 0 saturated heterocycles. The molecule has 12 aromatic rings. The number of thiophene rings is 4. The molecule has 0 unspecified atom stereocenters. The second-order valence-corrected chi connectivity index (χ2v) is 41.8. The Morgan fingerprint density at radius 2 is 0.516 bits per heavy atom. The van der Waals surface area contributed by atoms with Gasteiger partial charge < -0.3 is 9.47 Å². The molecule has 122 heavy (non-hydrogen) atoms. The summed E-state index contributed by atoms with van der Waals surface area (Å²) in [6, 6.07) is 47.8. The van der Waals surface area contributed by atoms with Crippen LogP contribution in [0.25, 0.3) is 107 Å². The van der Waals surface area contributed by atoms with Gasteiger partial charge in [-0.1, -0.05) is 308 Å². The zero-order chi connectivity index (χ0) is 85.2. The number of ether oxygens (including phenoxy) is 2. The van der Waals surface area contributed by atoms with Crippen molar-refractivity contribution in [1.29, 1.82) is 0 Å². The van der Waals surface area contributed by atoms with Gasteiger partial charge in [0.2, 0.25) is 0 Å². The lowest BCUT2D eigenvalue weighted by atomic mass is 9.76. The molecule has 0 aliphatic carbocycles. The van der Waals surface area contributed by atoms with Crippen molar-refractivity contribution in [3.63, 3.8) is 0 Å². The number of aromatic nitrogens is 4. The monoisotopic (exact) mass is 1740 g/mol. The molecule has 8 heterocycles. The van der Waals surface area contributed by atoms with Crippen molar-refractivity contribution in [2.45, 2.75) is 377 Å². The van der Waals surface area contributed by atoms with Crippen LogP contribution < -0.4 is 9.47 Å². The Morgan fingerprint density at radius 1 is 0.254 bits per heavy atom. The number of fused-ring (bicyclic) bond motifs is 8. The first-order valence-electron chi connectivity index (χ1n) is 48.6. The molecule has 0 bridgehead atoms. The fourth-order valence-corrected chi connectivity index (χ4v) is 25.1. The summed E-state index contributed by atoms with van der Waals surface area (Å²) in [4.78, 5) is 10.9. The number of hydrogen-bond donors (Lipinski definition) is 0. The minimum atomic E-state index is -0.327. The predicted octanol–water partition coefficient (Wildman–Crippen LogP) is 37.3. The summed E-state index contributed by atoms with van der Waals surface area (Å²) in [7, 11) is 0. The molecule has 0 fully saturated rings. The molecule has 6 aromatic carbocycles. The van der Waals surface area contributed by atoms with Crippen molar-refractivity contribution in [1.82, 2.24) is 17.5 Å². The largest absolute Gasteiger partial charge is 0.482 e. The van der Waals surface area contributed by atoms with Crippen LogP contribution in [0.4, 0.5) is 0 Å². The van der Waals surface area contributed by atoms with Crippen LogP contribution in [-0.4, -0.2) is 17.5 Å². The second kappa shape index (κ2) is 46.7. The third-order valence-corrected chi connectivity index (χ3v) is 32.3. The summed E-state index contributed by atoms with van der Waals surface area (Å²) >= 11 is 10.5. The molecule has 2 aliphatic rings. The Hall–Kier alpha value is -6.64. The number of hydrogen-bond acceptors (Lipinski definition) is 12. The summed E-state index contributed by atoms with van der Waals surface area (Å²) in [5, 5.41) is 0. The fraction of sp³-hybridized carbons (Fsp3) is 0.527. The highest BCUT2D eigenvalue weighted by Crippen LogP contribution is 2.56. The van der Waals surface area contributed by atoms with E-state index >= 15 is 0 Å². The highest BCUT2D eigenvalue weighted by atomic mass is 32.1. The van der Waals surface area contributed by atoms with E-state index in [1.807, 2.05) is 45.3 Å².